The van der Waals surface area contributed by atoms with E-state index in [-0.39, 0.29) is 0 Å². The average Bonchev–Trinajstić information content (AvgIpc) is 3.56. The fourth-order valence-corrected chi connectivity index (χ4v) is 8.71. The van der Waals surface area contributed by atoms with Crippen LogP contribution in [0.5, 0.6) is 0 Å². The van der Waals surface area contributed by atoms with E-state index in [0.717, 1.165) is 24.2 Å². The van der Waals surface area contributed by atoms with Crippen LogP contribution in [-0.4, -0.2) is 0 Å². The first-order chi connectivity index (χ1) is 25.3. The third kappa shape index (κ3) is 4.35. The largest absolute Gasteiger partial charge is 0.456 e. The van der Waals surface area contributed by atoms with E-state index in [0.29, 0.717) is 0 Å². The molecule has 238 valence electrons. The molecule has 1 aliphatic rings. The molecule has 0 amide bonds. The Morgan fingerprint density at radius 3 is 1.45 bits per heavy atom. The molecule has 0 spiro atoms. The Bertz CT molecular complexity index is 3020. The van der Waals surface area contributed by atoms with Gasteiger partial charge < -0.3 is 4.42 Å². The van der Waals surface area contributed by atoms with Crippen molar-refractivity contribution < 1.29 is 4.42 Å². The number of furan rings is 1. The van der Waals surface area contributed by atoms with E-state index in [9.17, 15) is 0 Å². The SMILES string of the molecule is C1=Cc2oc3c(-c4ccc5cc(-c6c7ccccc7c(-c7ccc8ccccc8c7)c7ccccc67)ccc5c4)c4ccccc4cc3c2CC1. The van der Waals surface area contributed by atoms with Crippen LogP contribution >= 0.6 is 0 Å². The van der Waals surface area contributed by atoms with Gasteiger partial charge in [-0.2, -0.15) is 0 Å². The summed E-state index contributed by atoms with van der Waals surface area (Å²) in [6.45, 7) is 0. The molecule has 0 saturated carbocycles. The summed E-state index contributed by atoms with van der Waals surface area (Å²) in [5.41, 5.74) is 9.72. The van der Waals surface area contributed by atoms with E-state index in [1.807, 2.05) is 0 Å². The minimum absolute atomic E-state index is 0.991. The second kappa shape index (κ2) is 11.0. The molecule has 1 nitrogen and oxygen atoms in total. The highest BCUT2D eigenvalue weighted by Gasteiger charge is 2.21. The quantitative estimate of drug-likeness (QED) is 0.174. The number of benzene rings is 9. The minimum Gasteiger partial charge on any atom is -0.456 e. The molecule has 1 aromatic heterocycles. The van der Waals surface area contributed by atoms with Gasteiger partial charge in [0.1, 0.15) is 11.3 Å². The molecule has 0 unspecified atom stereocenters. The molecule has 0 aliphatic heterocycles. The van der Waals surface area contributed by atoms with Crippen LogP contribution in [0.25, 0.3) is 104 Å². The van der Waals surface area contributed by atoms with Gasteiger partial charge in [-0.1, -0.05) is 140 Å². The van der Waals surface area contributed by atoms with Gasteiger partial charge in [-0.15, -0.1) is 0 Å². The third-order valence-electron chi connectivity index (χ3n) is 11.1. The van der Waals surface area contributed by atoms with Gasteiger partial charge in [0.25, 0.3) is 0 Å². The van der Waals surface area contributed by atoms with Crippen molar-refractivity contribution in [2.45, 2.75) is 12.8 Å². The zero-order valence-electron chi connectivity index (χ0n) is 28.0. The minimum atomic E-state index is 0.991. The highest BCUT2D eigenvalue weighted by Crippen LogP contribution is 2.46. The van der Waals surface area contributed by atoms with E-state index in [1.54, 1.807) is 0 Å². The second-order valence-corrected chi connectivity index (χ2v) is 13.9. The number of hydrogen-bond acceptors (Lipinski definition) is 1. The van der Waals surface area contributed by atoms with Gasteiger partial charge in [0.2, 0.25) is 0 Å². The summed E-state index contributed by atoms with van der Waals surface area (Å²) in [5.74, 6) is 1.00. The van der Waals surface area contributed by atoms with Crippen molar-refractivity contribution in [3.05, 3.63) is 175 Å². The van der Waals surface area contributed by atoms with Gasteiger partial charge >= 0.3 is 0 Å². The standard InChI is InChI=1S/C50H32O/c1-2-12-32-27-36(24-21-31(32)11-1)47-41-16-5-7-18-43(41)48(44-19-8-6-17-42(44)47)37-25-22-34-29-38(26-23-33(34)28-37)49-39-14-4-3-13-35(39)30-45-40-15-9-10-20-46(40)51-50(45)49/h1-8,10-14,16-30H,9,15H2. The summed E-state index contributed by atoms with van der Waals surface area (Å²) in [7, 11) is 0. The van der Waals surface area contributed by atoms with Crippen molar-refractivity contribution in [3.63, 3.8) is 0 Å². The first-order valence-corrected chi connectivity index (χ1v) is 17.9. The molecule has 0 bridgehead atoms. The van der Waals surface area contributed by atoms with Crippen LogP contribution in [0.2, 0.25) is 0 Å². The van der Waals surface area contributed by atoms with Gasteiger partial charge in [-0.25, -0.2) is 0 Å². The molecule has 51 heavy (non-hydrogen) atoms. The van der Waals surface area contributed by atoms with Crippen LogP contribution in [0.15, 0.2) is 168 Å². The lowest BCUT2D eigenvalue weighted by Crippen LogP contribution is -1.91. The molecule has 1 heteroatoms. The molecule has 10 aromatic rings. The maximum absolute atomic E-state index is 6.63. The first-order valence-electron chi connectivity index (χ1n) is 17.9. The lowest BCUT2D eigenvalue weighted by molar-refractivity contribution is 0.596. The fourth-order valence-electron chi connectivity index (χ4n) is 8.71. The van der Waals surface area contributed by atoms with E-state index in [4.69, 9.17) is 4.42 Å². The number of allylic oxidation sites excluding steroid dienone is 1. The summed E-state index contributed by atoms with van der Waals surface area (Å²) in [6.07, 6.45) is 6.45. The zero-order chi connectivity index (χ0) is 33.5. The third-order valence-corrected chi connectivity index (χ3v) is 11.1. The van der Waals surface area contributed by atoms with Crippen LogP contribution in [0, 0.1) is 0 Å². The predicted molar refractivity (Wildman–Crippen MR) is 217 cm³/mol. The maximum atomic E-state index is 6.63. The van der Waals surface area contributed by atoms with Crippen LogP contribution < -0.4 is 0 Å². The molecule has 1 heterocycles. The summed E-state index contributed by atoms with van der Waals surface area (Å²) in [6, 6.07) is 58.3. The number of rotatable bonds is 3. The van der Waals surface area contributed by atoms with Crippen LogP contribution in [0.1, 0.15) is 17.7 Å². The van der Waals surface area contributed by atoms with Crippen molar-refractivity contribution in [2.75, 3.05) is 0 Å². The summed E-state index contributed by atoms with van der Waals surface area (Å²) >= 11 is 0. The van der Waals surface area contributed by atoms with Gasteiger partial charge in [0.15, 0.2) is 0 Å². The smallest absolute Gasteiger partial charge is 0.143 e. The molecule has 0 radical (unpaired) electrons. The predicted octanol–water partition coefficient (Wildman–Crippen LogP) is 14.2. The molecular formula is C50H32O. The summed E-state index contributed by atoms with van der Waals surface area (Å²) < 4.78 is 6.63. The fraction of sp³-hybridized carbons (Fsp3) is 0.0400. The molecule has 0 N–H and O–H groups in total. The monoisotopic (exact) mass is 648 g/mol. The molecule has 0 saturated heterocycles. The van der Waals surface area contributed by atoms with Crippen molar-refractivity contribution in [1.29, 1.82) is 0 Å². The van der Waals surface area contributed by atoms with E-state index in [1.165, 1.54) is 98.2 Å². The van der Waals surface area contributed by atoms with Crippen LogP contribution in [0.3, 0.4) is 0 Å². The lowest BCUT2D eigenvalue weighted by Gasteiger charge is -2.18. The highest BCUT2D eigenvalue weighted by atomic mass is 16.3. The number of aryl methyl sites for hydroxylation is 1. The molecule has 9 aromatic carbocycles. The van der Waals surface area contributed by atoms with Gasteiger partial charge in [-0.05, 0) is 125 Å². The Balaban J connectivity index is 1.11. The summed E-state index contributed by atoms with van der Waals surface area (Å²) in [5, 5.41) is 13.7. The topological polar surface area (TPSA) is 13.1 Å². The van der Waals surface area contributed by atoms with Crippen molar-refractivity contribution in [3.8, 4) is 33.4 Å². The maximum Gasteiger partial charge on any atom is 0.143 e. The lowest BCUT2D eigenvalue weighted by atomic mass is 9.85. The van der Waals surface area contributed by atoms with Crippen molar-refractivity contribution in [2.24, 2.45) is 0 Å². The van der Waals surface area contributed by atoms with Gasteiger partial charge in [0, 0.05) is 16.5 Å². The van der Waals surface area contributed by atoms with E-state index in [2.05, 4.69) is 170 Å². The Kier molecular flexibility index (Phi) is 6.15. The van der Waals surface area contributed by atoms with E-state index < -0.39 is 0 Å². The Labute approximate surface area is 295 Å². The Morgan fingerprint density at radius 2 is 0.843 bits per heavy atom. The Morgan fingerprint density at radius 1 is 0.373 bits per heavy atom. The molecule has 1 aliphatic carbocycles. The highest BCUT2D eigenvalue weighted by molar-refractivity contribution is 6.22. The van der Waals surface area contributed by atoms with Gasteiger partial charge in [-0.3, -0.25) is 0 Å². The van der Waals surface area contributed by atoms with Crippen molar-refractivity contribution in [1.82, 2.24) is 0 Å². The normalized spacial score (nSPS) is 12.9. The molecule has 11 rings (SSSR count). The number of fused-ring (bicyclic) bond motifs is 8. The average molecular weight is 649 g/mol. The summed E-state index contributed by atoms with van der Waals surface area (Å²) in [4.78, 5) is 0. The molecule has 0 atom stereocenters. The number of hydrogen-bond donors (Lipinski definition) is 0. The zero-order valence-corrected chi connectivity index (χ0v) is 28.0. The van der Waals surface area contributed by atoms with E-state index >= 15 is 0 Å². The molecular weight excluding hydrogens is 617 g/mol. The van der Waals surface area contributed by atoms with Crippen LogP contribution in [0.4, 0.5) is 0 Å². The second-order valence-electron chi connectivity index (χ2n) is 13.9. The first kappa shape index (κ1) is 28.4. The van der Waals surface area contributed by atoms with Crippen molar-refractivity contribution >= 4 is 70.9 Å². The molecule has 0 fully saturated rings. The Hall–Kier alpha value is -6.44. The van der Waals surface area contributed by atoms with Crippen LogP contribution in [-0.2, 0) is 6.42 Å². The van der Waals surface area contributed by atoms with Gasteiger partial charge in [0.05, 0.1) is 0 Å².